The highest BCUT2D eigenvalue weighted by Gasteiger charge is 2.15. The highest BCUT2D eigenvalue weighted by atomic mass is 16.5. The van der Waals surface area contributed by atoms with E-state index in [4.69, 9.17) is 9.47 Å². The highest BCUT2D eigenvalue weighted by molar-refractivity contribution is 5.95. The fourth-order valence-corrected chi connectivity index (χ4v) is 3.39. The van der Waals surface area contributed by atoms with Crippen LogP contribution in [0.15, 0.2) is 18.5 Å². The minimum absolute atomic E-state index is 0.0777. The Morgan fingerprint density at radius 1 is 0.844 bits per heavy atom. The van der Waals surface area contributed by atoms with Crippen molar-refractivity contribution in [3.8, 4) is 17.6 Å². The first-order valence-electron chi connectivity index (χ1n) is 12.5. The van der Waals surface area contributed by atoms with Crippen LogP contribution in [0.5, 0.6) is 5.75 Å². The van der Waals surface area contributed by atoms with Crippen molar-refractivity contribution in [2.24, 2.45) is 0 Å². The summed E-state index contributed by atoms with van der Waals surface area (Å²) >= 11 is 0. The number of pyridine rings is 1. The molecule has 32 heavy (non-hydrogen) atoms. The average Bonchev–Trinajstić information content (AvgIpc) is 2.80. The Morgan fingerprint density at radius 2 is 1.44 bits per heavy atom. The zero-order chi connectivity index (χ0) is 23.3. The first kappa shape index (κ1) is 27.7. The second kappa shape index (κ2) is 19.3. The number of hydrogen-bond acceptors (Lipinski definition) is 5. The van der Waals surface area contributed by atoms with Crippen LogP contribution in [-0.4, -0.2) is 23.5 Å². The Bertz CT molecular complexity index is 705. The molecule has 0 spiro atoms. The predicted octanol–water partition coefficient (Wildman–Crippen LogP) is 7.04. The zero-order valence-corrected chi connectivity index (χ0v) is 20.1. The molecular formula is C27H41NO4. The lowest BCUT2D eigenvalue weighted by Crippen LogP contribution is -2.12. The van der Waals surface area contributed by atoms with Gasteiger partial charge in [0.05, 0.1) is 12.8 Å². The molecule has 0 fully saturated rings. The van der Waals surface area contributed by atoms with Gasteiger partial charge in [-0.05, 0) is 18.9 Å². The van der Waals surface area contributed by atoms with Crippen LogP contribution in [0, 0.1) is 11.8 Å². The molecule has 0 radical (unpaired) electrons. The maximum absolute atomic E-state index is 12.0. The molecule has 0 unspecified atom stereocenters. The van der Waals surface area contributed by atoms with E-state index < -0.39 is 11.9 Å². The second-order valence-corrected chi connectivity index (χ2v) is 8.19. The van der Waals surface area contributed by atoms with Crippen molar-refractivity contribution in [3.63, 3.8) is 0 Å². The summed E-state index contributed by atoms with van der Waals surface area (Å²) in [7, 11) is 0. The molecule has 5 heteroatoms. The van der Waals surface area contributed by atoms with Crippen molar-refractivity contribution in [1.82, 2.24) is 4.98 Å². The van der Waals surface area contributed by atoms with Crippen LogP contribution < -0.4 is 4.74 Å². The molecule has 0 aromatic carbocycles. The van der Waals surface area contributed by atoms with Gasteiger partial charge >= 0.3 is 11.9 Å². The van der Waals surface area contributed by atoms with Gasteiger partial charge in [-0.1, -0.05) is 96.8 Å². The monoisotopic (exact) mass is 443 g/mol. The molecule has 0 saturated heterocycles. The van der Waals surface area contributed by atoms with Crippen LogP contribution in [0.4, 0.5) is 0 Å². The topological polar surface area (TPSA) is 65.5 Å². The first-order valence-corrected chi connectivity index (χ1v) is 12.5. The molecule has 1 aromatic rings. The molecule has 0 aliphatic rings. The summed E-state index contributed by atoms with van der Waals surface area (Å²) in [6.45, 7) is 4.48. The maximum atomic E-state index is 12.0. The van der Waals surface area contributed by atoms with Crippen molar-refractivity contribution in [2.45, 2.75) is 110 Å². The van der Waals surface area contributed by atoms with Gasteiger partial charge < -0.3 is 9.47 Å². The molecule has 0 saturated carbocycles. The summed E-state index contributed by atoms with van der Waals surface area (Å²) < 4.78 is 10.3. The van der Waals surface area contributed by atoms with Gasteiger partial charge in [0.25, 0.3) is 0 Å². The van der Waals surface area contributed by atoms with E-state index in [1.807, 2.05) is 6.92 Å². The molecule has 178 valence electrons. The van der Waals surface area contributed by atoms with Gasteiger partial charge in [-0.2, -0.15) is 0 Å². The van der Waals surface area contributed by atoms with Gasteiger partial charge in [0.1, 0.15) is 5.56 Å². The van der Waals surface area contributed by atoms with E-state index in [9.17, 15) is 9.59 Å². The number of nitrogens with zero attached hydrogens (tertiary/aromatic N) is 1. The number of unbranched alkanes of at least 4 members (excludes halogenated alkanes) is 13. The fourth-order valence-electron chi connectivity index (χ4n) is 3.39. The highest BCUT2D eigenvalue weighted by Crippen LogP contribution is 2.18. The van der Waals surface area contributed by atoms with Gasteiger partial charge in [0.2, 0.25) is 0 Å². The van der Waals surface area contributed by atoms with Crippen LogP contribution in [-0.2, 0) is 9.53 Å². The van der Waals surface area contributed by atoms with Crippen molar-refractivity contribution in [2.75, 3.05) is 6.61 Å². The van der Waals surface area contributed by atoms with Crippen LogP contribution >= 0.6 is 0 Å². The molecule has 0 N–H and O–H groups in total. The van der Waals surface area contributed by atoms with Gasteiger partial charge in [-0.3, -0.25) is 4.98 Å². The Morgan fingerprint density at radius 3 is 2.03 bits per heavy atom. The largest absolute Gasteiger partial charge is 0.462 e. The number of ether oxygens (including phenoxy) is 2. The van der Waals surface area contributed by atoms with Gasteiger partial charge in [0, 0.05) is 18.5 Å². The maximum Gasteiger partial charge on any atom is 0.389 e. The molecule has 0 aliphatic heterocycles. The number of aromatic nitrogens is 1. The Hall–Kier alpha value is -2.35. The summed E-state index contributed by atoms with van der Waals surface area (Å²) in [6.07, 6.45) is 21.1. The molecule has 0 atom stereocenters. The number of hydrogen-bond donors (Lipinski definition) is 0. The minimum Gasteiger partial charge on any atom is -0.462 e. The van der Waals surface area contributed by atoms with Gasteiger partial charge in [-0.15, -0.1) is 0 Å². The lowest BCUT2D eigenvalue weighted by atomic mass is 10.0. The molecule has 0 aliphatic carbocycles. The number of rotatable bonds is 17. The summed E-state index contributed by atoms with van der Waals surface area (Å²) in [5, 5.41) is 0. The van der Waals surface area contributed by atoms with Crippen LogP contribution in [0.2, 0.25) is 0 Å². The van der Waals surface area contributed by atoms with Crippen LogP contribution in [0.25, 0.3) is 0 Å². The number of carbonyl (C=O) groups excluding carboxylic acids is 2. The first-order chi connectivity index (χ1) is 15.7. The SMILES string of the molecule is CCCCCCCCCCCCCCCC#CC(=O)Oc1cnccc1C(=O)OCCC. The van der Waals surface area contributed by atoms with E-state index >= 15 is 0 Å². The average molecular weight is 444 g/mol. The predicted molar refractivity (Wildman–Crippen MR) is 129 cm³/mol. The lowest BCUT2D eigenvalue weighted by molar-refractivity contribution is -0.128. The number of carbonyl (C=O) groups is 2. The van der Waals surface area contributed by atoms with Crippen LogP contribution in [0.3, 0.4) is 0 Å². The molecule has 1 aromatic heterocycles. The van der Waals surface area contributed by atoms with E-state index in [1.54, 1.807) is 0 Å². The molecule has 0 amide bonds. The Labute approximate surface area is 194 Å². The van der Waals surface area contributed by atoms with E-state index in [0.717, 1.165) is 19.3 Å². The van der Waals surface area contributed by atoms with E-state index in [-0.39, 0.29) is 11.3 Å². The fraction of sp³-hybridized carbons (Fsp3) is 0.667. The molecule has 1 heterocycles. The zero-order valence-electron chi connectivity index (χ0n) is 20.1. The molecule has 1 rings (SSSR count). The van der Waals surface area contributed by atoms with Crippen molar-refractivity contribution in [1.29, 1.82) is 0 Å². The third-order valence-corrected chi connectivity index (χ3v) is 5.24. The van der Waals surface area contributed by atoms with E-state index in [0.29, 0.717) is 13.0 Å². The lowest BCUT2D eigenvalue weighted by Gasteiger charge is -2.07. The van der Waals surface area contributed by atoms with E-state index in [1.165, 1.54) is 89.1 Å². The molecule has 5 nitrogen and oxygen atoms in total. The smallest absolute Gasteiger partial charge is 0.389 e. The Balaban J connectivity index is 2.11. The summed E-state index contributed by atoms with van der Waals surface area (Å²) in [5.41, 5.74) is 0.181. The van der Waals surface area contributed by atoms with Gasteiger partial charge in [0.15, 0.2) is 5.75 Å². The van der Waals surface area contributed by atoms with Crippen molar-refractivity contribution < 1.29 is 19.1 Å². The summed E-state index contributed by atoms with van der Waals surface area (Å²) in [4.78, 5) is 27.9. The quantitative estimate of drug-likeness (QED) is 0.112. The normalized spacial score (nSPS) is 10.3. The van der Waals surface area contributed by atoms with Crippen molar-refractivity contribution in [3.05, 3.63) is 24.0 Å². The molecule has 0 bridgehead atoms. The Kier molecular flexibility index (Phi) is 16.7. The third-order valence-electron chi connectivity index (χ3n) is 5.24. The van der Waals surface area contributed by atoms with Gasteiger partial charge in [-0.25, -0.2) is 9.59 Å². The third kappa shape index (κ3) is 13.9. The second-order valence-electron chi connectivity index (χ2n) is 8.19. The molecular weight excluding hydrogens is 402 g/mol. The number of esters is 2. The van der Waals surface area contributed by atoms with Crippen LogP contribution in [0.1, 0.15) is 121 Å². The summed E-state index contributed by atoms with van der Waals surface area (Å²) in [6, 6.07) is 1.47. The minimum atomic E-state index is -0.683. The van der Waals surface area contributed by atoms with E-state index in [2.05, 4.69) is 23.7 Å². The summed E-state index contributed by atoms with van der Waals surface area (Å²) in [5.74, 6) is 4.22. The standard InChI is InChI=1S/C27H41NO4/c1-3-5-6-7-8-9-10-11-12-13-14-15-16-17-18-19-26(29)32-25-23-28-21-20-24(25)27(30)31-22-4-2/h20-21,23H,3-17,22H2,1-2H3. The van der Waals surface area contributed by atoms with Crippen molar-refractivity contribution >= 4 is 11.9 Å².